The van der Waals surface area contributed by atoms with Crippen molar-refractivity contribution in [2.45, 2.75) is 39.7 Å². The average molecular weight is 294 g/mol. The number of hydrogen-bond acceptors (Lipinski definition) is 6. The molecule has 2 N–H and O–H groups in total. The van der Waals surface area contributed by atoms with Gasteiger partial charge in [0, 0.05) is 24.6 Å². The molecule has 6 nitrogen and oxygen atoms in total. The van der Waals surface area contributed by atoms with Gasteiger partial charge in [-0.15, -0.1) is 0 Å². The van der Waals surface area contributed by atoms with Gasteiger partial charge in [0.05, 0.1) is 25.9 Å². The predicted molar refractivity (Wildman–Crippen MR) is 84.1 cm³/mol. The standard InChI is InChI=1S/C15H26N4O2/c1-5-16-14-11(4)15(18-13(17-14)10(2)3)19-6-7-21-9-12(19)8-20/h10,12,20H,5-9H2,1-4H3,(H,16,17,18). The molecule has 0 radical (unpaired) electrons. The lowest BCUT2D eigenvalue weighted by molar-refractivity contribution is 0.0722. The molecule has 0 bridgehead atoms. The Labute approximate surface area is 126 Å². The first-order valence-electron chi connectivity index (χ1n) is 7.66. The smallest absolute Gasteiger partial charge is 0.137 e. The largest absolute Gasteiger partial charge is 0.394 e. The van der Waals surface area contributed by atoms with E-state index in [1.165, 1.54) is 0 Å². The number of nitrogens with zero attached hydrogens (tertiary/aromatic N) is 3. The molecule has 0 aromatic carbocycles. The van der Waals surface area contributed by atoms with Gasteiger partial charge in [0.25, 0.3) is 0 Å². The molecule has 1 aromatic heterocycles. The summed E-state index contributed by atoms with van der Waals surface area (Å²) in [5, 5.41) is 12.9. The third-order valence-electron chi connectivity index (χ3n) is 3.71. The summed E-state index contributed by atoms with van der Waals surface area (Å²) in [7, 11) is 0. The summed E-state index contributed by atoms with van der Waals surface area (Å²) < 4.78 is 5.46. The van der Waals surface area contributed by atoms with E-state index in [2.05, 4.69) is 36.0 Å². The molecule has 21 heavy (non-hydrogen) atoms. The van der Waals surface area contributed by atoms with Gasteiger partial charge in [0.15, 0.2) is 0 Å². The van der Waals surface area contributed by atoms with Gasteiger partial charge in [-0.25, -0.2) is 9.97 Å². The van der Waals surface area contributed by atoms with Crippen LogP contribution < -0.4 is 10.2 Å². The van der Waals surface area contributed by atoms with E-state index in [1.54, 1.807) is 0 Å². The number of morpholine rings is 1. The lowest BCUT2D eigenvalue weighted by Gasteiger charge is -2.36. The van der Waals surface area contributed by atoms with E-state index in [1.807, 2.05) is 6.92 Å². The van der Waals surface area contributed by atoms with Crippen LogP contribution >= 0.6 is 0 Å². The molecule has 1 aliphatic rings. The minimum atomic E-state index is -0.0400. The van der Waals surface area contributed by atoms with Crippen LogP contribution in [0.15, 0.2) is 0 Å². The van der Waals surface area contributed by atoms with Gasteiger partial charge in [0.1, 0.15) is 17.5 Å². The molecule has 6 heteroatoms. The summed E-state index contributed by atoms with van der Waals surface area (Å²) in [6.45, 7) is 11.1. The van der Waals surface area contributed by atoms with Gasteiger partial charge in [-0.3, -0.25) is 0 Å². The maximum Gasteiger partial charge on any atom is 0.137 e. The van der Waals surface area contributed by atoms with Crippen LogP contribution in [0.5, 0.6) is 0 Å². The number of rotatable bonds is 5. The fourth-order valence-electron chi connectivity index (χ4n) is 2.48. The maximum absolute atomic E-state index is 9.58. The molecule has 0 spiro atoms. The number of hydrogen-bond donors (Lipinski definition) is 2. The van der Waals surface area contributed by atoms with Gasteiger partial charge in [-0.2, -0.15) is 0 Å². The van der Waals surface area contributed by atoms with Crippen LogP contribution in [0.25, 0.3) is 0 Å². The second-order valence-corrected chi connectivity index (χ2v) is 5.67. The topological polar surface area (TPSA) is 70.5 Å². The molecule has 1 atom stereocenters. The van der Waals surface area contributed by atoms with E-state index in [-0.39, 0.29) is 18.6 Å². The third-order valence-corrected chi connectivity index (χ3v) is 3.71. The first kappa shape index (κ1) is 16.0. The summed E-state index contributed by atoms with van der Waals surface area (Å²) in [6.07, 6.45) is 0. The van der Waals surface area contributed by atoms with Gasteiger partial charge in [-0.1, -0.05) is 13.8 Å². The highest BCUT2D eigenvalue weighted by atomic mass is 16.5. The fraction of sp³-hybridized carbons (Fsp3) is 0.733. The van der Waals surface area contributed by atoms with E-state index in [0.717, 1.165) is 36.1 Å². The first-order valence-corrected chi connectivity index (χ1v) is 7.66. The zero-order valence-corrected chi connectivity index (χ0v) is 13.4. The van der Waals surface area contributed by atoms with Gasteiger partial charge in [0.2, 0.25) is 0 Å². The number of anilines is 2. The van der Waals surface area contributed by atoms with Crippen molar-refractivity contribution in [2.75, 3.05) is 43.1 Å². The number of aliphatic hydroxyl groups is 1. The maximum atomic E-state index is 9.58. The molecular weight excluding hydrogens is 268 g/mol. The Hall–Kier alpha value is -1.40. The average Bonchev–Trinajstić information content (AvgIpc) is 2.49. The van der Waals surface area contributed by atoms with Crippen LogP contribution in [-0.2, 0) is 4.74 Å². The van der Waals surface area contributed by atoms with Crippen molar-refractivity contribution >= 4 is 11.6 Å². The van der Waals surface area contributed by atoms with Gasteiger partial charge < -0.3 is 20.1 Å². The highest BCUT2D eigenvalue weighted by Crippen LogP contribution is 2.28. The van der Waals surface area contributed by atoms with Crippen LogP contribution in [0.4, 0.5) is 11.6 Å². The minimum absolute atomic E-state index is 0.0400. The molecule has 1 aromatic rings. The Balaban J connectivity index is 2.44. The van der Waals surface area contributed by atoms with Crippen molar-refractivity contribution in [3.05, 3.63) is 11.4 Å². The molecule has 1 aliphatic heterocycles. The Morgan fingerprint density at radius 1 is 1.43 bits per heavy atom. The quantitative estimate of drug-likeness (QED) is 0.858. The molecule has 1 saturated heterocycles. The Morgan fingerprint density at radius 3 is 2.81 bits per heavy atom. The summed E-state index contributed by atoms with van der Waals surface area (Å²) in [5.74, 6) is 2.88. The zero-order chi connectivity index (χ0) is 15.4. The summed E-state index contributed by atoms with van der Waals surface area (Å²) in [4.78, 5) is 11.5. The van der Waals surface area contributed by atoms with E-state index < -0.39 is 0 Å². The fourth-order valence-corrected chi connectivity index (χ4v) is 2.48. The summed E-state index contributed by atoms with van der Waals surface area (Å²) in [5.41, 5.74) is 1.03. The normalized spacial score (nSPS) is 19.1. The van der Waals surface area contributed by atoms with Crippen LogP contribution in [0, 0.1) is 6.92 Å². The van der Waals surface area contributed by atoms with Crippen molar-refractivity contribution in [3.63, 3.8) is 0 Å². The van der Waals surface area contributed by atoms with E-state index in [9.17, 15) is 5.11 Å². The second kappa shape index (κ2) is 7.04. The van der Waals surface area contributed by atoms with Gasteiger partial charge in [-0.05, 0) is 13.8 Å². The van der Waals surface area contributed by atoms with Crippen molar-refractivity contribution in [1.29, 1.82) is 0 Å². The number of nitrogens with one attached hydrogen (secondary N) is 1. The van der Waals surface area contributed by atoms with Crippen molar-refractivity contribution in [1.82, 2.24) is 9.97 Å². The first-order chi connectivity index (χ1) is 10.1. The SMILES string of the molecule is CCNc1nc(C(C)C)nc(N2CCOCC2CO)c1C. The van der Waals surface area contributed by atoms with Crippen LogP contribution in [0.3, 0.4) is 0 Å². The number of ether oxygens (including phenoxy) is 1. The van der Waals surface area contributed by atoms with Crippen LogP contribution in [-0.4, -0.2) is 54.0 Å². The lowest BCUT2D eigenvalue weighted by atomic mass is 10.1. The highest BCUT2D eigenvalue weighted by molar-refractivity contribution is 5.59. The molecule has 2 rings (SSSR count). The van der Waals surface area contributed by atoms with Gasteiger partial charge >= 0.3 is 0 Å². The van der Waals surface area contributed by atoms with E-state index >= 15 is 0 Å². The Morgan fingerprint density at radius 2 is 2.19 bits per heavy atom. The lowest BCUT2D eigenvalue weighted by Crippen LogP contribution is -2.48. The Kier molecular flexibility index (Phi) is 5.36. The molecule has 0 amide bonds. The monoisotopic (exact) mass is 294 g/mol. The molecular formula is C15H26N4O2. The Bertz CT molecular complexity index is 479. The molecule has 0 saturated carbocycles. The molecule has 2 heterocycles. The third kappa shape index (κ3) is 3.44. The minimum Gasteiger partial charge on any atom is -0.394 e. The van der Waals surface area contributed by atoms with E-state index in [0.29, 0.717) is 13.2 Å². The van der Waals surface area contributed by atoms with Crippen LogP contribution in [0.2, 0.25) is 0 Å². The van der Waals surface area contributed by atoms with Crippen molar-refractivity contribution in [2.24, 2.45) is 0 Å². The predicted octanol–water partition coefficient (Wildman–Crippen LogP) is 1.54. The second-order valence-electron chi connectivity index (χ2n) is 5.67. The summed E-state index contributed by atoms with van der Waals surface area (Å²) >= 11 is 0. The van der Waals surface area contributed by atoms with E-state index in [4.69, 9.17) is 9.72 Å². The molecule has 1 unspecified atom stereocenters. The summed E-state index contributed by atoms with van der Waals surface area (Å²) in [6, 6.07) is -0.0400. The zero-order valence-electron chi connectivity index (χ0n) is 13.4. The van der Waals surface area contributed by atoms with Crippen molar-refractivity contribution in [3.8, 4) is 0 Å². The van der Waals surface area contributed by atoms with Crippen LogP contribution in [0.1, 0.15) is 38.1 Å². The van der Waals surface area contributed by atoms with Crippen molar-refractivity contribution < 1.29 is 9.84 Å². The number of aliphatic hydroxyl groups excluding tert-OH is 1. The molecule has 0 aliphatic carbocycles. The molecule has 118 valence electrons. The molecule has 1 fully saturated rings. The number of aromatic nitrogens is 2. The highest BCUT2D eigenvalue weighted by Gasteiger charge is 2.26.